The lowest BCUT2D eigenvalue weighted by atomic mass is 10.1. The number of amides is 1. The van der Waals surface area contributed by atoms with E-state index in [2.05, 4.69) is 14.2 Å². The summed E-state index contributed by atoms with van der Waals surface area (Å²) in [6.45, 7) is 0. The SMILES string of the molecule is COC(=O)c1ccc(C(=O)NN)cc1.COC(=O)c1ccc(C(=O)OC)cc1. The van der Waals surface area contributed by atoms with Gasteiger partial charge in [0.1, 0.15) is 0 Å². The molecule has 0 saturated carbocycles. The van der Waals surface area contributed by atoms with E-state index in [4.69, 9.17) is 5.84 Å². The normalized spacial score (nSPS) is 9.29. The first-order valence-corrected chi connectivity index (χ1v) is 7.84. The predicted octanol–water partition coefficient (Wildman–Crippen LogP) is 1.34. The summed E-state index contributed by atoms with van der Waals surface area (Å²) in [5.41, 5.74) is 3.57. The summed E-state index contributed by atoms with van der Waals surface area (Å²) in [7, 11) is 3.90. The lowest BCUT2D eigenvalue weighted by Gasteiger charge is -2.01. The molecule has 1 amide bonds. The van der Waals surface area contributed by atoms with E-state index >= 15 is 0 Å². The number of esters is 3. The summed E-state index contributed by atoms with van der Waals surface area (Å²) in [4.78, 5) is 44.1. The molecule has 0 bridgehead atoms. The van der Waals surface area contributed by atoms with Crippen LogP contribution in [0.3, 0.4) is 0 Å². The highest BCUT2D eigenvalue weighted by atomic mass is 16.5. The Labute approximate surface area is 161 Å². The maximum absolute atomic E-state index is 11.0. The molecule has 0 aliphatic carbocycles. The molecule has 2 aromatic carbocycles. The molecule has 3 N–H and O–H groups in total. The quantitative estimate of drug-likeness (QED) is 0.263. The summed E-state index contributed by atoms with van der Waals surface area (Å²) < 4.78 is 13.5. The van der Waals surface area contributed by atoms with Gasteiger partial charge in [0.15, 0.2) is 0 Å². The van der Waals surface area contributed by atoms with Crippen molar-refractivity contribution in [2.24, 2.45) is 5.84 Å². The van der Waals surface area contributed by atoms with Gasteiger partial charge in [0.2, 0.25) is 0 Å². The molecule has 0 unspecified atom stereocenters. The van der Waals surface area contributed by atoms with Crippen LogP contribution in [0.4, 0.5) is 0 Å². The molecule has 0 saturated heterocycles. The van der Waals surface area contributed by atoms with Crippen LogP contribution in [0.15, 0.2) is 48.5 Å². The van der Waals surface area contributed by atoms with Crippen LogP contribution in [-0.2, 0) is 14.2 Å². The number of nitrogen functional groups attached to an aromatic ring is 1. The van der Waals surface area contributed by atoms with Crippen LogP contribution in [0.2, 0.25) is 0 Å². The third kappa shape index (κ3) is 6.22. The van der Waals surface area contributed by atoms with E-state index in [1.165, 1.54) is 69.9 Å². The molecule has 0 atom stereocenters. The maximum Gasteiger partial charge on any atom is 0.337 e. The van der Waals surface area contributed by atoms with Crippen molar-refractivity contribution in [3.8, 4) is 0 Å². The first kappa shape index (κ1) is 22.3. The number of benzene rings is 2. The first-order valence-electron chi connectivity index (χ1n) is 7.84. The van der Waals surface area contributed by atoms with Gasteiger partial charge in [0.25, 0.3) is 5.91 Å². The van der Waals surface area contributed by atoms with E-state index < -0.39 is 23.8 Å². The molecule has 28 heavy (non-hydrogen) atoms. The second kappa shape index (κ2) is 11.1. The van der Waals surface area contributed by atoms with Gasteiger partial charge in [-0.25, -0.2) is 20.2 Å². The molecule has 2 aromatic rings. The Bertz CT molecular complexity index is 689. The molecule has 0 aliphatic heterocycles. The molecule has 0 radical (unpaired) electrons. The molecule has 0 spiro atoms. The Morgan fingerprint density at radius 3 is 1.07 bits per heavy atom. The summed E-state index contributed by atoms with van der Waals surface area (Å²) in [5, 5.41) is 0. The van der Waals surface area contributed by atoms with Gasteiger partial charge < -0.3 is 14.2 Å². The average Bonchev–Trinajstić information content (AvgIpc) is 2.77. The zero-order valence-electron chi connectivity index (χ0n) is 15.6. The van der Waals surface area contributed by atoms with Gasteiger partial charge in [-0.05, 0) is 48.5 Å². The summed E-state index contributed by atoms with van der Waals surface area (Å²) in [5.74, 6) is 3.24. The van der Waals surface area contributed by atoms with E-state index in [1.54, 1.807) is 0 Å². The number of methoxy groups -OCH3 is 3. The molecular formula is C19H20N2O7. The first-order chi connectivity index (χ1) is 13.4. The van der Waals surface area contributed by atoms with Crippen molar-refractivity contribution in [2.75, 3.05) is 21.3 Å². The number of carbonyl (C=O) groups excluding carboxylic acids is 4. The Balaban J connectivity index is 0.000000280. The van der Waals surface area contributed by atoms with Crippen molar-refractivity contribution in [3.05, 3.63) is 70.8 Å². The van der Waals surface area contributed by atoms with Gasteiger partial charge in [-0.15, -0.1) is 0 Å². The van der Waals surface area contributed by atoms with E-state index in [0.29, 0.717) is 22.3 Å². The Morgan fingerprint density at radius 1 is 0.607 bits per heavy atom. The standard InChI is InChI=1S/C10H10O4.C9H10N2O3/c1-13-9(11)7-3-5-8(6-4-7)10(12)14-2;1-14-9(13)7-4-2-6(3-5-7)8(12)11-10/h3-6H,1-2H3;2-5H,10H2,1H3,(H,11,12). The highest BCUT2D eigenvalue weighted by molar-refractivity contribution is 5.96. The van der Waals surface area contributed by atoms with Crippen LogP contribution < -0.4 is 11.3 Å². The van der Waals surface area contributed by atoms with Crippen LogP contribution >= 0.6 is 0 Å². The van der Waals surface area contributed by atoms with Crippen LogP contribution in [0, 0.1) is 0 Å². The lowest BCUT2D eigenvalue weighted by molar-refractivity contribution is 0.0586. The van der Waals surface area contributed by atoms with Gasteiger partial charge in [0, 0.05) is 5.56 Å². The largest absolute Gasteiger partial charge is 0.465 e. The fourth-order valence-electron chi connectivity index (χ4n) is 1.94. The molecule has 9 nitrogen and oxygen atoms in total. The Hall–Kier alpha value is -3.72. The zero-order valence-corrected chi connectivity index (χ0v) is 15.6. The number of rotatable bonds is 4. The molecule has 9 heteroatoms. The van der Waals surface area contributed by atoms with Crippen LogP contribution in [0.5, 0.6) is 0 Å². The second-order valence-corrected chi connectivity index (χ2v) is 5.10. The molecule has 0 aromatic heterocycles. The van der Waals surface area contributed by atoms with Gasteiger partial charge in [-0.1, -0.05) is 0 Å². The van der Waals surface area contributed by atoms with E-state index in [0.717, 1.165) is 0 Å². The Kier molecular flexibility index (Phi) is 8.84. The van der Waals surface area contributed by atoms with Crippen molar-refractivity contribution in [1.29, 1.82) is 0 Å². The van der Waals surface area contributed by atoms with E-state index in [1.807, 2.05) is 5.43 Å². The fourth-order valence-corrected chi connectivity index (χ4v) is 1.94. The lowest BCUT2D eigenvalue weighted by Crippen LogP contribution is -2.29. The van der Waals surface area contributed by atoms with Crippen molar-refractivity contribution >= 4 is 23.8 Å². The number of nitrogens with one attached hydrogen (secondary N) is 1. The van der Waals surface area contributed by atoms with Crippen molar-refractivity contribution in [3.63, 3.8) is 0 Å². The number of ether oxygens (including phenoxy) is 3. The average molecular weight is 388 g/mol. The monoisotopic (exact) mass is 388 g/mol. The van der Waals surface area contributed by atoms with Crippen molar-refractivity contribution in [2.45, 2.75) is 0 Å². The number of hydrazine groups is 1. The van der Waals surface area contributed by atoms with Crippen molar-refractivity contribution in [1.82, 2.24) is 5.43 Å². The van der Waals surface area contributed by atoms with E-state index in [9.17, 15) is 19.2 Å². The number of hydrogen-bond donors (Lipinski definition) is 2. The molecule has 0 heterocycles. The highest BCUT2D eigenvalue weighted by Crippen LogP contribution is 2.07. The van der Waals surface area contributed by atoms with Gasteiger partial charge in [-0.3, -0.25) is 10.2 Å². The minimum atomic E-state index is -0.440. The molecule has 148 valence electrons. The maximum atomic E-state index is 11.0. The van der Waals surface area contributed by atoms with Crippen LogP contribution in [-0.4, -0.2) is 45.1 Å². The van der Waals surface area contributed by atoms with Crippen LogP contribution in [0.25, 0.3) is 0 Å². The molecule has 0 fully saturated rings. The smallest absolute Gasteiger partial charge is 0.337 e. The summed E-state index contributed by atoms with van der Waals surface area (Å²) in [6.07, 6.45) is 0. The summed E-state index contributed by atoms with van der Waals surface area (Å²) in [6, 6.07) is 12.0. The highest BCUT2D eigenvalue weighted by Gasteiger charge is 2.08. The van der Waals surface area contributed by atoms with Crippen LogP contribution in [0.1, 0.15) is 41.4 Å². The number of hydrogen-bond acceptors (Lipinski definition) is 8. The minimum Gasteiger partial charge on any atom is -0.465 e. The summed E-state index contributed by atoms with van der Waals surface area (Å²) >= 11 is 0. The van der Waals surface area contributed by atoms with E-state index in [-0.39, 0.29) is 0 Å². The molecule has 0 aliphatic rings. The third-order valence-corrected chi connectivity index (χ3v) is 3.43. The van der Waals surface area contributed by atoms with Crippen molar-refractivity contribution < 1.29 is 33.4 Å². The second-order valence-electron chi connectivity index (χ2n) is 5.10. The zero-order chi connectivity index (χ0) is 21.1. The minimum absolute atomic E-state index is 0.389. The predicted molar refractivity (Wildman–Crippen MR) is 98.6 cm³/mol. The molecular weight excluding hydrogens is 368 g/mol. The van der Waals surface area contributed by atoms with Gasteiger partial charge in [-0.2, -0.15) is 0 Å². The fraction of sp³-hybridized carbons (Fsp3) is 0.158. The van der Waals surface area contributed by atoms with Gasteiger partial charge >= 0.3 is 17.9 Å². The number of carbonyl (C=O) groups is 4. The molecule has 2 rings (SSSR count). The number of nitrogens with two attached hydrogens (primary N) is 1. The third-order valence-electron chi connectivity index (χ3n) is 3.43. The topological polar surface area (TPSA) is 134 Å². The van der Waals surface area contributed by atoms with Gasteiger partial charge in [0.05, 0.1) is 38.0 Å². The Morgan fingerprint density at radius 2 is 0.857 bits per heavy atom.